The molecular weight excluding hydrogens is 298 g/mol. The van der Waals surface area contributed by atoms with Crippen LogP contribution in [0.1, 0.15) is 10.4 Å². The summed E-state index contributed by atoms with van der Waals surface area (Å²) in [5, 5.41) is 8.87. The summed E-state index contributed by atoms with van der Waals surface area (Å²) in [6.45, 7) is 0. The number of carboxylic acids is 1. The van der Waals surface area contributed by atoms with E-state index in [0.29, 0.717) is 4.47 Å². The summed E-state index contributed by atoms with van der Waals surface area (Å²) in [6.07, 6.45) is 0. The van der Waals surface area contributed by atoms with Gasteiger partial charge < -0.3 is 10.8 Å². The molecule has 1 rings (SSSR count). The number of rotatable bonds is 4. The van der Waals surface area contributed by atoms with Gasteiger partial charge in [0.2, 0.25) is 5.91 Å². The third-order valence-electron chi connectivity index (χ3n) is 1.69. The Balaban J connectivity index is 3.19. The highest BCUT2D eigenvalue weighted by atomic mass is 79.9. The van der Waals surface area contributed by atoms with E-state index in [-0.39, 0.29) is 10.5 Å². The average Bonchev–Trinajstić information content (AvgIpc) is 2.15. The minimum absolute atomic E-state index is 0.0840. The van der Waals surface area contributed by atoms with Crippen LogP contribution in [0.15, 0.2) is 27.6 Å². The molecular formula is C9H8BrNO4S. The van der Waals surface area contributed by atoms with Gasteiger partial charge in [-0.3, -0.25) is 9.00 Å². The van der Waals surface area contributed by atoms with E-state index in [1.54, 1.807) is 0 Å². The van der Waals surface area contributed by atoms with Crippen LogP contribution in [0.25, 0.3) is 0 Å². The number of carbonyl (C=O) groups is 2. The van der Waals surface area contributed by atoms with Gasteiger partial charge in [0.25, 0.3) is 0 Å². The second kappa shape index (κ2) is 5.22. The number of hydrogen-bond donors (Lipinski definition) is 2. The van der Waals surface area contributed by atoms with Gasteiger partial charge in [0.15, 0.2) is 0 Å². The molecule has 16 heavy (non-hydrogen) atoms. The van der Waals surface area contributed by atoms with E-state index < -0.39 is 28.4 Å². The Morgan fingerprint density at radius 2 is 2.06 bits per heavy atom. The van der Waals surface area contributed by atoms with Crippen molar-refractivity contribution in [2.45, 2.75) is 4.90 Å². The van der Waals surface area contributed by atoms with Crippen LogP contribution in [-0.4, -0.2) is 26.9 Å². The molecule has 5 nitrogen and oxygen atoms in total. The van der Waals surface area contributed by atoms with Crippen LogP contribution in [0.3, 0.4) is 0 Å². The SMILES string of the molecule is NC(=O)CS(=O)c1cc(Br)ccc1C(=O)O. The maximum Gasteiger partial charge on any atom is 0.336 e. The molecule has 0 fully saturated rings. The van der Waals surface area contributed by atoms with Gasteiger partial charge in [0, 0.05) is 4.47 Å². The molecule has 0 aliphatic carbocycles. The van der Waals surface area contributed by atoms with Gasteiger partial charge in [0.1, 0.15) is 5.75 Å². The van der Waals surface area contributed by atoms with E-state index in [0.717, 1.165) is 0 Å². The number of halogens is 1. The summed E-state index contributed by atoms with van der Waals surface area (Å²) < 4.78 is 12.2. The second-order valence-corrected chi connectivity index (χ2v) is 5.24. The molecule has 7 heteroatoms. The molecule has 0 aliphatic rings. The third-order valence-corrected chi connectivity index (χ3v) is 3.56. The van der Waals surface area contributed by atoms with Crippen LogP contribution in [0, 0.1) is 0 Å². The van der Waals surface area contributed by atoms with E-state index >= 15 is 0 Å². The molecule has 0 bridgehead atoms. The quantitative estimate of drug-likeness (QED) is 0.857. The molecule has 0 saturated heterocycles. The standard InChI is InChI=1S/C9H8BrNO4S/c10-5-1-2-6(9(13)14)7(3-5)16(15)4-8(11)12/h1-3H,4H2,(H2,11,12)(H,13,14). The number of carboxylic acid groups (broad SMARTS) is 1. The summed E-state index contributed by atoms with van der Waals surface area (Å²) in [4.78, 5) is 21.6. The number of benzene rings is 1. The maximum absolute atomic E-state index is 11.7. The fourth-order valence-electron chi connectivity index (χ4n) is 1.07. The lowest BCUT2D eigenvalue weighted by molar-refractivity contribution is -0.115. The van der Waals surface area contributed by atoms with E-state index in [4.69, 9.17) is 10.8 Å². The molecule has 1 aromatic carbocycles. The molecule has 0 aromatic heterocycles. The summed E-state index contributed by atoms with van der Waals surface area (Å²) in [6, 6.07) is 4.25. The molecule has 1 unspecified atom stereocenters. The Labute approximate surface area is 102 Å². The first-order valence-corrected chi connectivity index (χ1v) is 6.22. The highest BCUT2D eigenvalue weighted by molar-refractivity contribution is 9.10. The van der Waals surface area contributed by atoms with Crippen molar-refractivity contribution in [1.82, 2.24) is 0 Å². The molecule has 0 spiro atoms. The Morgan fingerprint density at radius 3 is 2.56 bits per heavy atom. The Morgan fingerprint density at radius 1 is 1.44 bits per heavy atom. The lowest BCUT2D eigenvalue weighted by Crippen LogP contribution is -2.20. The van der Waals surface area contributed by atoms with Gasteiger partial charge in [-0.05, 0) is 18.2 Å². The molecule has 86 valence electrons. The largest absolute Gasteiger partial charge is 0.478 e. The van der Waals surface area contributed by atoms with Crippen molar-refractivity contribution in [2.75, 3.05) is 5.75 Å². The monoisotopic (exact) mass is 305 g/mol. The number of aromatic carboxylic acids is 1. The zero-order valence-electron chi connectivity index (χ0n) is 7.97. The Kier molecular flexibility index (Phi) is 4.19. The molecule has 3 N–H and O–H groups in total. The fourth-order valence-corrected chi connectivity index (χ4v) is 2.65. The highest BCUT2D eigenvalue weighted by Crippen LogP contribution is 2.20. The van der Waals surface area contributed by atoms with Crippen molar-refractivity contribution >= 4 is 38.6 Å². The minimum Gasteiger partial charge on any atom is -0.478 e. The number of carbonyl (C=O) groups excluding carboxylic acids is 1. The van der Waals surface area contributed by atoms with Crippen molar-refractivity contribution < 1.29 is 18.9 Å². The molecule has 1 amide bonds. The van der Waals surface area contributed by atoms with Crippen LogP contribution in [0.5, 0.6) is 0 Å². The van der Waals surface area contributed by atoms with Crippen molar-refractivity contribution in [3.05, 3.63) is 28.2 Å². The summed E-state index contributed by atoms with van der Waals surface area (Å²) in [7, 11) is -1.74. The normalized spacial score (nSPS) is 12.1. The maximum atomic E-state index is 11.7. The van der Waals surface area contributed by atoms with Gasteiger partial charge in [-0.1, -0.05) is 15.9 Å². The predicted octanol–water partition coefficient (Wildman–Crippen LogP) is 0.740. The van der Waals surface area contributed by atoms with Crippen molar-refractivity contribution in [1.29, 1.82) is 0 Å². The van der Waals surface area contributed by atoms with Gasteiger partial charge in [-0.2, -0.15) is 0 Å². The topological polar surface area (TPSA) is 97.5 Å². The summed E-state index contributed by atoms with van der Waals surface area (Å²) in [5.41, 5.74) is 4.81. The van der Waals surface area contributed by atoms with Gasteiger partial charge >= 0.3 is 5.97 Å². The van der Waals surface area contributed by atoms with Gasteiger partial charge in [0.05, 0.1) is 21.3 Å². The van der Waals surface area contributed by atoms with E-state index in [1.807, 2.05) is 0 Å². The number of amides is 1. The number of hydrogen-bond acceptors (Lipinski definition) is 3. The first kappa shape index (κ1) is 12.9. The minimum atomic E-state index is -1.74. The van der Waals surface area contributed by atoms with Crippen molar-refractivity contribution in [2.24, 2.45) is 5.73 Å². The van der Waals surface area contributed by atoms with Gasteiger partial charge in [-0.15, -0.1) is 0 Å². The Hall–Kier alpha value is -1.21. The van der Waals surface area contributed by atoms with Crippen LogP contribution < -0.4 is 5.73 Å². The molecule has 1 atom stereocenters. The van der Waals surface area contributed by atoms with Crippen LogP contribution in [-0.2, 0) is 15.6 Å². The fraction of sp³-hybridized carbons (Fsp3) is 0.111. The molecule has 0 radical (unpaired) electrons. The average molecular weight is 306 g/mol. The summed E-state index contributed by atoms with van der Waals surface area (Å²) in [5.74, 6) is -2.33. The lowest BCUT2D eigenvalue weighted by atomic mass is 10.2. The molecule has 0 saturated carbocycles. The van der Waals surface area contributed by atoms with E-state index in [9.17, 15) is 13.8 Å². The summed E-state index contributed by atoms with van der Waals surface area (Å²) >= 11 is 3.14. The zero-order valence-corrected chi connectivity index (χ0v) is 10.4. The predicted molar refractivity (Wildman–Crippen MR) is 61.6 cm³/mol. The van der Waals surface area contributed by atoms with Crippen LogP contribution in [0.2, 0.25) is 0 Å². The highest BCUT2D eigenvalue weighted by Gasteiger charge is 2.17. The smallest absolute Gasteiger partial charge is 0.336 e. The Bertz CT molecular complexity index is 475. The number of nitrogens with two attached hydrogens (primary N) is 1. The van der Waals surface area contributed by atoms with Crippen molar-refractivity contribution in [3.8, 4) is 0 Å². The molecule has 0 heterocycles. The number of primary amides is 1. The third kappa shape index (κ3) is 3.14. The zero-order chi connectivity index (χ0) is 12.3. The van der Waals surface area contributed by atoms with E-state index in [1.165, 1.54) is 18.2 Å². The molecule has 1 aromatic rings. The first-order valence-electron chi connectivity index (χ1n) is 4.11. The van der Waals surface area contributed by atoms with Crippen LogP contribution in [0.4, 0.5) is 0 Å². The van der Waals surface area contributed by atoms with E-state index in [2.05, 4.69) is 15.9 Å². The van der Waals surface area contributed by atoms with Crippen molar-refractivity contribution in [3.63, 3.8) is 0 Å². The van der Waals surface area contributed by atoms with Gasteiger partial charge in [-0.25, -0.2) is 4.79 Å². The lowest BCUT2D eigenvalue weighted by Gasteiger charge is -2.05. The first-order chi connectivity index (χ1) is 7.41. The molecule has 0 aliphatic heterocycles. The second-order valence-electron chi connectivity index (χ2n) is 2.90. The van der Waals surface area contributed by atoms with Crippen LogP contribution >= 0.6 is 15.9 Å².